The maximum absolute atomic E-state index is 4.70. The molecule has 6 heteroatoms. The highest BCUT2D eigenvalue weighted by Gasteiger charge is 2.17. The van der Waals surface area contributed by atoms with E-state index in [1.165, 1.54) is 9.71 Å². The van der Waals surface area contributed by atoms with Gasteiger partial charge in [-0.3, -0.25) is 4.98 Å². The molecule has 1 atom stereocenters. The van der Waals surface area contributed by atoms with Gasteiger partial charge in [0.15, 0.2) is 0 Å². The summed E-state index contributed by atoms with van der Waals surface area (Å²) in [6.07, 6.45) is 7.24. The molecule has 2 N–H and O–H groups in total. The fourth-order valence-corrected chi connectivity index (χ4v) is 3.75. The number of anilines is 1. The molecule has 0 unspecified atom stereocenters. The van der Waals surface area contributed by atoms with Gasteiger partial charge in [0.25, 0.3) is 0 Å². The van der Waals surface area contributed by atoms with Crippen molar-refractivity contribution < 1.29 is 0 Å². The average molecular weight is 349 g/mol. The topological polar surface area (TPSA) is 66.5 Å². The summed E-state index contributed by atoms with van der Waals surface area (Å²) in [6.45, 7) is 4.35. The summed E-state index contributed by atoms with van der Waals surface area (Å²) in [7, 11) is 0. The van der Waals surface area contributed by atoms with E-state index in [0.29, 0.717) is 5.92 Å². The summed E-state index contributed by atoms with van der Waals surface area (Å²) in [5.74, 6) is 1.31. The molecule has 0 spiro atoms. The van der Waals surface area contributed by atoms with E-state index in [-0.39, 0.29) is 6.04 Å². The summed E-state index contributed by atoms with van der Waals surface area (Å²) in [4.78, 5) is 16.6. The number of rotatable bonds is 5. The van der Waals surface area contributed by atoms with Crippen LogP contribution in [0, 0.1) is 0 Å². The minimum atomic E-state index is -0.0846. The molecular weight excluding hydrogens is 330 g/mol. The number of thiazole rings is 1. The van der Waals surface area contributed by atoms with E-state index in [1.54, 1.807) is 23.7 Å². The molecule has 0 amide bonds. The standard InChI is InChI=1S/C19H19N5S/c1-12(2)19-24-15-6-5-14(10-16(15)25-19)23-17(18-21-8-9-22-18)13-4-3-7-20-11-13/h3-12,17,23H,1-2H3,(H,21,22)/t17-/m0/s1. The number of aromatic amines is 1. The van der Waals surface area contributed by atoms with Crippen molar-refractivity contribution in [1.29, 1.82) is 0 Å². The van der Waals surface area contributed by atoms with Gasteiger partial charge in [-0.05, 0) is 24.3 Å². The smallest absolute Gasteiger partial charge is 0.133 e. The van der Waals surface area contributed by atoms with E-state index in [9.17, 15) is 0 Å². The molecule has 0 aliphatic carbocycles. The molecule has 3 heterocycles. The minimum absolute atomic E-state index is 0.0846. The Balaban J connectivity index is 1.69. The third-order valence-corrected chi connectivity index (χ3v) is 5.34. The molecule has 126 valence electrons. The molecule has 4 rings (SSSR count). The van der Waals surface area contributed by atoms with Gasteiger partial charge in [0, 0.05) is 42.0 Å². The van der Waals surface area contributed by atoms with E-state index >= 15 is 0 Å². The Hall–Kier alpha value is -2.73. The Bertz CT molecular complexity index is 960. The van der Waals surface area contributed by atoms with Crippen LogP contribution in [-0.4, -0.2) is 19.9 Å². The van der Waals surface area contributed by atoms with E-state index in [1.807, 2.05) is 18.5 Å². The highest BCUT2D eigenvalue weighted by Crippen LogP contribution is 2.31. The van der Waals surface area contributed by atoms with Gasteiger partial charge in [-0.25, -0.2) is 9.97 Å². The number of nitrogens with one attached hydrogen (secondary N) is 2. The van der Waals surface area contributed by atoms with E-state index in [2.05, 4.69) is 58.4 Å². The van der Waals surface area contributed by atoms with Crippen LogP contribution in [0.3, 0.4) is 0 Å². The summed E-state index contributed by atoms with van der Waals surface area (Å²) >= 11 is 1.75. The van der Waals surface area contributed by atoms with Crippen molar-refractivity contribution in [3.8, 4) is 0 Å². The third-order valence-electron chi connectivity index (χ3n) is 4.02. The zero-order chi connectivity index (χ0) is 17.2. The van der Waals surface area contributed by atoms with Crippen LogP contribution in [0.25, 0.3) is 10.2 Å². The molecule has 4 aromatic rings. The largest absolute Gasteiger partial charge is 0.371 e. The first kappa shape index (κ1) is 15.8. The molecule has 25 heavy (non-hydrogen) atoms. The van der Waals surface area contributed by atoms with Crippen LogP contribution in [-0.2, 0) is 0 Å². The number of hydrogen-bond donors (Lipinski definition) is 2. The van der Waals surface area contributed by atoms with Crippen LogP contribution in [0.4, 0.5) is 5.69 Å². The van der Waals surface area contributed by atoms with Gasteiger partial charge in [-0.2, -0.15) is 0 Å². The third kappa shape index (κ3) is 3.25. The number of benzene rings is 1. The molecule has 0 saturated heterocycles. The maximum Gasteiger partial charge on any atom is 0.133 e. The van der Waals surface area contributed by atoms with Gasteiger partial charge in [-0.1, -0.05) is 19.9 Å². The lowest BCUT2D eigenvalue weighted by molar-refractivity contribution is 0.848. The van der Waals surface area contributed by atoms with Crippen molar-refractivity contribution in [2.24, 2.45) is 0 Å². The van der Waals surface area contributed by atoms with Gasteiger partial charge in [0.05, 0.1) is 15.2 Å². The molecule has 0 radical (unpaired) electrons. The summed E-state index contributed by atoms with van der Waals surface area (Å²) < 4.78 is 1.19. The van der Waals surface area contributed by atoms with Crippen LogP contribution >= 0.6 is 11.3 Å². The zero-order valence-electron chi connectivity index (χ0n) is 14.1. The number of H-pyrrole nitrogens is 1. The Morgan fingerprint density at radius 3 is 2.80 bits per heavy atom. The Labute approximate surface area is 150 Å². The number of imidazole rings is 1. The van der Waals surface area contributed by atoms with Crippen LogP contribution in [0.15, 0.2) is 55.1 Å². The van der Waals surface area contributed by atoms with Gasteiger partial charge >= 0.3 is 0 Å². The Morgan fingerprint density at radius 2 is 2.08 bits per heavy atom. The van der Waals surface area contributed by atoms with E-state index < -0.39 is 0 Å². The first-order valence-corrected chi connectivity index (χ1v) is 9.08. The molecule has 3 aromatic heterocycles. The molecule has 0 bridgehead atoms. The predicted octanol–water partition coefficient (Wildman–Crippen LogP) is 4.74. The highest BCUT2D eigenvalue weighted by molar-refractivity contribution is 7.18. The quantitative estimate of drug-likeness (QED) is 0.546. The number of nitrogens with zero attached hydrogens (tertiary/aromatic N) is 3. The Morgan fingerprint density at radius 1 is 1.16 bits per heavy atom. The lowest BCUT2D eigenvalue weighted by atomic mass is 10.1. The summed E-state index contributed by atoms with van der Waals surface area (Å²) in [6, 6.07) is 10.2. The van der Waals surface area contributed by atoms with Gasteiger partial charge in [-0.15, -0.1) is 11.3 Å². The molecule has 0 aliphatic rings. The van der Waals surface area contributed by atoms with Crippen molar-refractivity contribution in [1.82, 2.24) is 19.9 Å². The van der Waals surface area contributed by atoms with Crippen molar-refractivity contribution in [3.05, 3.63) is 71.5 Å². The second kappa shape index (κ2) is 6.64. The number of aromatic nitrogens is 4. The predicted molar refractivity (Wildman–Crippen MR) is 102 cm³/mol. The first-order valence-electron chi connectivity index (χ1n) is 8.27. The van der Waals surface area contributed by atoms with E-state index in [0.717, 1.165) is 22.6 Å². The fourth-order valence-electron chi connectivity index (χ4n) is 2.74. The van der Waals surface area contributed by atoms with Crippen molar-refractivity contribution in [2.75, 3.05) is 5.32 Å². The van der Waals surface area contributed by atoms with Gasteiger partial charge in [0.1, 0.15) is 11.9 Å². The van der Waals surface area contributed by atoms with Gasteiger partial charge in [0.2, 0.25) is 0 Å². The molecule has 0 fully saturated rings. The van der Waals surface area contributed by atoms with Crippen molar-refractivity contribution in [2.45, 2.75) is 25.8 Å². The normalized spacial score (nSPS) is 12.6. The lowest BCUT2D eigenvalue weighted by Crippen LogP contribution is -2.14. The van der Waals surface area contributed by atoms with Crippen LogP contribution in [0.2, 0.25) is 0 Å². The van der Waals surface area contributed by atoms with Crippen LogP contribution < -0.4 is 5.32 Å². The molecule has 1 aromatic carbocycles. The first-order chi connectivity index (χ1) is 12.2. The van der Waals surface area contributed by atoms with Crippen LogP contribution in [0.5, 0.6) is 0 Å². The summed E-state index contributed by atoms with van der Waals surface area (Å²) in [5.41, 5.74) is 3.15. The number of pyridine rings is 1. The monoisotopic (exact) mass is 349 g/mol. The Kier molecular flexibility index (Phi) is 4.19. The zero-order valence-corrected chi connectivity index (χ0v) is 14.9. The molecule has 0 aliphatic heterocycles. The van der Waals surface area contributed by atoms with Crippen molar-refractivity contribution >= 4 is 27.2 Å². The second-order valence-electron chi connectivity index (χ2n) is 6.23. The number of fused-ring (bicyclic) bond motifs is 1. The van der Waals surface area contributed by atoms with Crippen molar-refractivity contribution in [3.63, 3.8) is 0 Å². The fraction of sp³-hybridized carbons (Fsp3) is 0.211. The van der Waals surface area contributed by atoms with Crippen LogP contribution in [0.1, 0.15) is 42.2 Å². The second-order valence-corrected chi connectivity index (χ2v) is 7.29. The molecule has 0 saturated carbocycles. The average Bonchev–Trinajstić information content (AvgIpc) is 3.29. The summed E-state index contributed by atoms with van der Waals surface area (Å²) in [5, 5.41) is 4.74. The SMILES string of the molecule is CC(C)c1nc2ccc(N[C@@H](c3cccnc3)c3ncc[nH]3)cc2s1. The van der Waals surface area contributed by atoms with Gasteiger partial charge < -0.3 is 10.3 Å². The van der Waals surface area contributed by atoms with E-state index in [4.69, 9.17) is 4.98 Å². The maximum atomic E-state index is 4.70. The lowest BCUT2D eigenvalue weighted by Gasteiger charge is -2.18. The number of hydrogen-bond acceptors (Lipinski definition) is 5. The minimum Gasteiger partial charge on any atom is -0.371 e. The molecule has 5 nitrogen and oxygen atoms in total. The molecular formula is C19H19N5S. The highest BCUT2D eigenvalue weighted by atomic mass is 32.1.